The van der Waals surface area contributed by atoms with Crippen LogP contribution >= 0.6 is 0 Å². The van der Waals surface area contributed by atoms with E-state index >= 15 is 0 Å². The molecule has 0 unspecified atom stereocenters. The Bertz CT molecular complexity index is 1000. The van der Waals surface area contributed by atoms with Gasteiger partial charge in [-0.25, -0.2) is 9.97 Å². The Hall–Kier alpha value is -3.84. The van der Waals surface area contributed by atoms with E-state index in [4.69, 9.17) is 6.42 Å². The second kappa shape index (κ2) is 9.58. The van der Waals surface area contributed by atoms with Crippen LogP contribution in [0.15, 0.2) is 54.6 Å². The standard InChI is InChI=1S/C26H26N4/c1-6-26-27-22(13-7-20-9-15-24(16-10-20)29(2)3)19-23(28-26)14-8-21-11-17-25(18-12-21)30(4)5/h1,7-19H,2-5H3/b13-7+,14-8+. The minimum atomic E-state index is 0.378. The molecule has 4 heteroatoms. The summed E-state index contributed by atoms with van der Waals surface area (Å²) in [5.41, 5.74) is 6.07. The maximum Gasteiger partial charge on any atom is 0.205 e. The van der Waals surface area contributed by atoms with E-state index in [1.165, 1.54) is 0 Å². The lowest BCUT2D eigenvalue weighted by Gasteiger charge is -2.11. The molecule has 30 heavy (non-hydrogen) atoms. The smallest absolute Gasteiger partial charge is 0.205 e. The van der Waals surface area contributed by atoms with Crippen molar-refractivity contribution in [2.75, 3.05) is 38.0 Å². The zero-order valence-corrected chi connectivity index (χ0v) is 17.9. The van der Waals surface area contributed by atoms with Gasteiger partial charge < -0.3 is 9.80 Å². The van der Waals surface area contributed by atoms with Crippen molar-refractivity contribution < 1.29 is 0 Å². The number of anilines is 2. The van der Waals surface area contributed by atoms with Crippen LogP contribution in [0.25, 0.3) is 24.3 Å². The average molecular weight is 395 g/mol. The van der Waals surface area contributed by atoms with E-state index in [0.29, 0.717) is 5.82 Å². The summed E-state index contributed by atoms with van der Waals surface area (Å²) >= 11 is 0. The molecule has 0 saturated carbocycles. The van der Waals surface area contributed by atoms with E-state index in [2.05, 4.69) is 74.2 Å². The Morgan fingerprint density at radius 1 is 0.667 bits per heavy atom. The zero-order chi connectivity index (χ0) is 21.5. The number of hydrogen-bond acceptors (Lipinski definition) is 4. The van der Waals surface area contributed by atoms with Gasteiger partial charge in [0.1, 0.15) is 0 Å². The van der Waals surface area contributed by atoms with E-state index < -0.39 is 0 Å². The topological polar surface area (TPSA) is 32.3 Å². The van der Waals surface area contributed by atoms with E-state index in [9.17, 15) is 0 Å². The van der Waals surface area contributed by atoms with Gasteiger partial charge in [-0.2, -0.15) is 0 Å². The molecule has 0 N–H and O–H groups in total. The second-order valence-corrected chi connectivity index (χ2v) is 7.32. The van der Waals surface area contributed by atoms with Gasteiger partial charge in [0.2, 0.25) is 5.82 Å². The number of terminal acetylenes is 1. The van der Waals surface area contributed by atoms with Crippen LogP contribution in [0.5, 0.6) is 0 Å². The number of hydrogen-bond donors (Lipinski definition) is 0. The van der Waals surface area contributed by atoms with Gasteiger partial charge in [-0.1, -0.05) is 36.4 Å². The third-order valence-electron chi connectivity index (χ3n) is 4.61. The highest BCUT2D eigenvalue weighted by molar-refractivity contribution is 5.73. The normalized spacial score (nSPS) is 11.0. The molecule has 0 radical (unpaired) electrons. The Labute approximate surface area is 179 Å². The molecule has 150 valence electrons. The summed E-state index contributed by atoms with van der Waals surface area (Å²) < 4.78 is 0. The van der Waals surface area contributed by atoms with Gasteiger partial charge in [0.15, 0.2) is 0 Å². The quantitative estimate of drug-likeness (QED) is 0.555. The summed E-state index contributed by atoms with van der Waals surface area (Å²) in [7, 11) is 8.11. The van der Waals surface area contributed by atoms with Gasteiger partial charge >= 0.3 is 0 Å². The maximum absolute atomic E-state index is 5.56. The summed E-state index contributed by atoms with van der Waals surface area (Å²) in [5, 5.41) is 0. The Balaban J connectivity index is 1.80. The monoisotopic (exact) mass is 394 g/mol. The van der Waals surface area contributed by atoms with E-state index in [-0.39, 0.29) is 0 Å². The lowest BCUT2D eigenvalue weighted by Crippen LogP contribution is -2.07. The van der Waals surface area contributed by atoms with Gasteiger partial charge in [-0.3, -0.25) is 0 Å². The minimum absolute atomic E-state index is 0.378. The molecule has 1 heterocycles. The summed E-state index contributed by atoms with van der Waals surface area (Å²) in [6.45, 7) is 0. The largest absolute Gasteiger partial charge is 0.378 e. The number of benzene rings is 2. The van der Waals surface area contributed by atoms with Crippen molar-refractivity contribution in [2.45, 2.75) is 0 Å². The predicted molar refractivity (Wildman–Crippen MR) is 129 cm³/mol. The van der Waals surface area contributed by atoms with Crippen LogP contribution in [0.1, 0.15) is 28.3 Å². The van der Waals surface area contributed by atoms with Gasteiger partial charge in [0.05, 0.1) is 11.4 Å². The Morgan fingerprint density at radius 3 is 1.40 bits per heavy atom. The zero-order valence-electron chi connectivity index (χ0n) is 17.9. The van der Waals surface area contributed by atoms with Crippen LogP contribution in [0.2, 0.25) is 0 Å². The molecule has 0 atom stereocenters. The molecule has 0 bridgehead atoms. The Morgan fingerprint density at radius 2 is 1.07 bits per heavy atom. The highest BCUT2D eigenvalue weighted by atomic mass is 15.1. The van der Waals surface area contributed by atoms with Crippen molar-refractivity contribution in [3.8, 4) is 12.3 Å². The highest BCUT2D eigenvalue weighted by Crippen LogP contribution is 2.16. The predicted octanol–water partition coefficient (Wildman–Crippen LogP) is 4.93. The molecule has 4 nitrogen and oxygen atoms in total. The molecule has 0 amide bonds. The lowest BCUT2D eigenvalue weighted by molar-refractivity contribution is 1.10. The van der Waals surface area contributed by atoms with Gasteiger partial charge in [0.25, 0.3) is 0 Å². The van der Waals surface area contributed by atoms with Crippen molar-refractivity contribution >= 4 is 35.7 Å². The van der Waals surface area contributed by atoms with Gasteiger partial charge in [-0.05, 0) is 59.5 Å². The van der Waals surface area contributed by atoms with Crippen LogP contribution < -0.4 is 9.80 Å². The van der Waals surface area contributed by atoms with Crippen molar-refractivity contribution in [1.29, 1.82) is 0 Å². The number of rotatable bonds is 6. The maximum atomic E-state index is 5.56. The molecule has 3 rings (SSSR count). The molecule has 0 aliphatic carbocycles. The van der Waals surface area contributed by atoms with E-state index in [1.54, 1.807) is 0 Å². The number of nitrogens with zero attached hydrogens (tertiary/aromatic N) is 4. The van der Waals surface area contributed by atoms with E-state index in [1.807, 2.05) is 58.6 Å². The first-order valence-electron chi connectivity index (χ1n) is 9.71. The first kappa shape index (κ1) is 20.9. The molecule has 0 saturated heterocycles. The van der Waals surface area contributed by atoms with Crippen molar-refractivity contribution in [1.82, 2.24) is 9.97 Å². The van der Waals surface area contributed by atoms with Crippen LogP contribution in [-0.2, 0) is 0 Å². The second-order valence-electron chi connectivity index (χ2n) is 7.32. The highest BCUT2D eigenvalue weighted by Gasteiger charge is 2.00. The van der Waals surface area contributed by atoms with Crippen molar-refractivity contribution in [2.24, 2.45) is 0 Å². The van der Waals surface area contributed by atoms with Crippen LogP contribution in [-0.4, -0.2) is 38.2 Å². The van der Waals surface area contributed by atoms with Crippen LogP contribution in [0.4, 0.5) is 11.4 Å². The summed E-state index contributed by atoms with van der Waals surface area (Å²) in [6.07, 6.45) is 13.5. The summed E-state index contributed by atoms with van der Waals surface area (Å²) in [6, 6.07) is 18.6. The molecule has 0 aliphatic heterocycles. The molecule has 1 aromatic heterocycles. The van der Waals surface area contributed by atoms with E-state index in [0.717, 1.165) is 33.9 Å². The van der Waals surface area contributed by atoms with Crippen molar-refractivity contribution in [3.05, 3.63) is 82.9 Å². The third kappa shape index (κ3) is 5.59. The van der Waals surface area contributed by atoms with Gasteiger partial charge in [-0.15, -0.1) is 6.42 Å². The molecular formula is C26H26N4. The van der Waals surface area contributed by atoms with Gasteiger partial charge in [0, 0.05) is 39.6 Å². The molecule has 3 aromatic rings. The summed E-state index contributed by atoms with van der Waals surface area (Å²) in [5.74, 6) is 2.92. The molecule has 0 fully saturated rings. The molecule has 0 aliphatic rings. The third-order valence-corrected chi connectivity index (χ3v) is 4.61. The molecule has 2 aromatic carbocycles. The first-order valence-corrected chi connectivity index (χ1v) is 9.71. The fourth-order valence-corrected chi connectivity index (χ4v) is 2.85. The number of aromatic nitrogens is 2. The van der Waals surface area contributed by atoms with Crippen molar-refractivity contribution in [3.63, 3.8) is 0 Å². The molecular weight excluding hydrogens is 368 g/mol. The lowest BCUT2D eigenvalue weighted by atomic mass is 10.1. The fourth-order valence-electron chi connectivity index (χ4n) is 2.85. The van der Waals surface area contributed by atoms with Crippen LogP contribution in [0.3, 0.4) is 0 Å². The summed E-state index contributed by atoms with van der Waals surface area (Å²) in [4.78, 5) is 13.0. The average Bonchev–Trinajstić information content (AvgIpc) is 2.76. The Kier molecular flexibility index (Phi) is 6.67. The SMILES string of the molecule is C#Cc1nc(/C=C/c2ccc(N(C)C)cc2)cc(/C=C/c2ccc(N(C)C)cc2)n1. The molecule has 0 spiro atoms. The fraction of sp³-hybridized carbons (Fsp3) is 0.154. The van der Waals surface area contributed by atoms with Crippen LogP contribution in [0, 0.1) is 12.3 Å². The minimum Gasteiger partial charge on any atom is -0.378 e. The first-order chi connectivity index (χ1) is 14.4.